The van der Waals surface area contributed by atoms with E-state index in [1.54, 1.807) is 24.3 Å². The predicted molar refractivity (Wildman–Crippen MR) is 88.9 cm³/mol. The van der Waals surface area contributed by atoms with Crippen molar-refractivity contribution in [1.82, 2.24) is 0 Å². The minimum absolute atomic E-state index is 0.0631. The van der Waals surface area contributed by atoms with Crippen molar-refractivity contribution >= 4 is 17.6 Å². The zero-order chi connectivity index (χ0) is 16.1. The summed E-state index contributed by atoms with van der Waals surface area (Å²) in [4.78, 5) is 10.8. The highest BCUT2D eigenvalue weighted by Gasteiger charge is 2.08. The molecule has 0 aliphatic carbocycles. The lowest BCUT2D eigenvalue weighted by molar-refractivity contribution is 0.0697. The Hall–Kier alpha value is -2.00. The number of carboxylic acid groups (broad SMARTS) is 1. The van der Waals surface area contributed by atoms with Crippen LogP contribution in [0.1, 0.15) is 30.6 Å². The molecule has 0 heterocycles. The van der Waals surface area contributed by atoms with E-state index in [1.165, 1.54) is 0 Å². The van der Waals surface area contributed by atoms with Crippen molar-refractivity contribution in [3.63, 3.8) is 0 Å². The third kappa shape index (κ3) is 4.50. The highest BCUT2D eigenvalue weighted by atomic mass is 35.5. The zero-order valence-electron chi connectivity index (χ0n) is 12.6. The molecule has 0 amide bonds. The van der Waals surface area contributed by atoms with E-state index in [9.17, 15) is 4.79 Å². The van der Waals surface area contributed by atoms with Crippen LogP contribution in [0.15, 0.2) is 48.5 Å². The molecule has 0 fully saturated rings. The van der Waals surface area contributed by atoms with Crippen LogP contribution in [-0.2, 0) is 0 Å². The van der Waals surface area contributed by atoms with Crippen LogP contribution in [0.4, 0.5) is 0 Å². The van der Waals surface area contributed by atoms with Gasteiger partial charge in [0.15, 0.2) is 0 Å². The van der Waals surface area contributed by atoms with Crippen LogP contribution in [0.2, 0.25) is 0 Å². The molecule has 0 aliphatic rings. The van der Waals surface area contributed by atoms with E-state index in [1.807, 2.05) is 38.1 Å². The molecule has 0 spiro atoms. The Kier molecular flexibility index (Phi) is 5.45. The van der Waals surface area contributed by atoms with E-state index in [4.69, 9.17) is 21.4 Å². The molecule has 0 aliphatic heterocycles. The number of hydrogen-bond donors (Lipinski definition) is 1. The lowest BCUT2D eigenvalue weighted by Crippen LogP contribution is -2.15. The van der Waals surface area contributed by atoms with Crippen LogP contribution in [0, 0.1) is 0 Å². The van der Waals surface area contributed by atoms with Crippen LogP contribution < -0.4 is 4.74 Å². The van der Waals surface area contributed by atoms with Gasteiger partial charge in [0.25, 0.3) is 0 Å². The number of benzene rings is 2. The molecule has 0 saturated heterocycles. The fourth-order valence-corrected chi connectivity index (χ4v) is 2.52. The minimum atomic E-state index is -0.919. The monoisotopic (exact) mass is 318 g/mol. The van der Waals surface area contributed by atoms with Crippen molar-refractivity contribution in [2.24, 2.45) is 0 Å². The highest BCUT2D eigenvalue weighted by Crippen LogP contribution is 2.24. The largest absolute Gasteiger partial charge is 0.491 e. The maximum atomic E-state index is 10.8. The lowest BCUT2D eigenvalue weighted by atomic mass is 10.0. The van der Waals surface area contributed by atoms with E-state index >= 15 is 0 Å². The number of carbonyl (C=O) groups is 1. The van der Waals surface area contributed by atoms with Gasteiger partial charge in [0, 0.05) is 11.8 Å². The van der Waals surface area contributed by atoms with Gasteiger partial charge in [-0.1, -0.05) is 24.3 Å². The van der Waals surface area contributed by atoms with Crippen LogP contribution in [0.3, 0.4) is 0 Å². The molecular formula is C18H19ClO3. The summed E-state index contributed by atoms with van der Waals surface area (Å²) in [6.45, 7) is 3.95. The number of carboxylic acids is 1. The summed E-state index contributed by atoms with van der Waals surface area (Å²) in [7, 11) is 0. The molecule has 2 rings (SSSR count). The second-order valence-electron chi connectivity index (χ2n) is 5.35. The molecule has 22 heavy (non-hydrogen) atoms. The molecule has 2 aromatic carbocycles. The Morgan fingerprint density at radius 2 is 1.55 bits per heavy atom. The zero-order valence-corrected chi connectivity index (χ0v) is 13.4. The number of hydrogen-bond acceptors (Lipinski definition) is 2. The minimum Gasteiger partial charge on any atom is -0.491 e. The summed E-state index contributed by atoms with van der Waals surface area (Å²) in [5.74, 6) is -0.117. The normalized spacial score (nSPS) is 13.4. The van der Waals surface area contributed by atoms with Gasteiger partial charge in [-0.05, 0) is 49.2 Å². The Labute approximate surface area is 135 Å². The van der Waals surface area contributed by atoms with Gasteiger partial charge in [-0.3, -0.25) is 0 Å². The molecule has 0 bridgehead atoms. The van der Waals surface area contributed by atoms with Crippen molar-refractivity contribution in [3.8, 4) is 16.9 Å². The van der Waals surface area contributed by atoms with Crippen molar-refractivity contribution < 1.29 is 14.6 Å². The quantitative estimate of drug-likeness (QED) is 0.775. The molecule has 2 aromatic rings. The van der Waals surface area contributed by atoms with Gasteiger partial charge < -0.3 is 9.84 Å². The maximum absolute atomic E-state index is 10.8. The molecule has 3 nitrogen and oxygen atoms in total. The van der Waals surface area contributed by atoms with E-state index < -0.39 is 5.97 Å². The van der Waals surface area contributed by atoms with Gasteiger partial charge in [0.2, 0.25) is 0 Å². The standard InChI is InChI=1S/C18H19ClO3/c1-12(19)11-13(2)22-17-9-7-15(8-10-17)14-3-5-16(6-4-14)18(20)21/h3-10,12-13H,11H2,1-2H3,(H,20,21)/t12-,13-/m0/s1. The van der Waals surface area contributed by atoms with Gasteiger partial charge >= 0.3 is 5.97 Å². The van der Waals surface area contributed by atoms with Gasteiger partial charge in [-0.15, -0.1) is 11.6 Å². The Morgan fingerprint density at radius 1 is 1.05 bits per heavy atom. The summed E-state index contributed by atoms with van der Waals surface area (Å²) in [5, 5.41) is 8.99. The van der Waals surface area contributed by atoms with E-state index in [-0.39, 0.29) is 17.0 Å². The van der Waals surface area contributed by atoms with Crippen molar-refractivity contribution in [2.45, 2.75) is 31.7 Å². The van der Waals surface area contributed by atoms with Crippen LogP contribution >= 0.6 is 11.6 Å². The molecule has 1 N–H and O–H groups in total. The molecule has 0 unspecified atom stereocenters. The molecule has 4 heteroatoms. The fourth-order valence-electron chi connectivity index (χ4n) is 2.27. The average molecular weight is 319 g/mol. The third-order valence-corrected chi connectivity index (χ3v) is 3.49. The van der Waals surface area contributed by atoms with Crippen LogP contribution in [0.25, 0.3) is 11.1 Å². The first kappa shape index (κ1) is 16.4. The maximum Gasteiger partial charge on any atom is 0.335 e. The molecule has 0 aromatic heterocycles. The predicted octanol–water partition coefficient (Wildman–Crippen LogP) is 4.84. The Morgan fingerprint density at radius 3 is 2.00 bits per heavy atom. The average Bonchev–Trinajstić information content (AvgIpc) is 2.47. The van der Waals surface area contributed by atoms with Gasteiger partial charge in [-0.25, -0.2) is 4.79 Å². The first-order chi connectivity index (χ1) is 10.5. The summed E-state index contributed by atoms with van der Waals surface area (Å²) < 4.78 is 5.80. The number of alkyl halides is 1. The molecule has 116 valence electrons. The van der Waals surface area contributed by atoms with Crippen molar-refractivity contribution in [2.75, 3.05) is 0 Å². The lowest BCUT2D eigenvalue weighted by Gasteiger charge is -2.16. The Balaban J connectivity index is 2.06. The fraction of sp³-hybridized carbons (Fsp3) is 0.278. The van der Waals surface area contributed by atoms with Crippen molar-refractivity contribution in [3.05, 3.63) is 54.1 Å². The Bertz CT molecular complexity index is 618. The molecule has 2 atom stereocenters. The smallest absolute Gasteiger partial charge is 0.335 e. The summed E-state index contributed by atoms with van der Waals surface area (Å²) in [6.07, 6.45) is 0.855. The highest BCUT2D eigenvalue weighted by molar-refractivity contribution is 6.20. The third-order valence-electron chi connectivity index (χ3n) is 3.31. The number of aromatic carboxylic acids is 1. The number of ether oxygens (including phenoxy) is 1. The first-order valence-corrected chi connectivity index (χ1v) is 7.64. The summed E-state index contributed by atoms with van der Waals surface area (Å²) in [5.41, 5.74) is 2.27. The van der Waals surface area contributed by atoms with Crippen molar-refractivity contribution in [1.29, 1.82) is 0 Å². The van der Waals surface area contributed by atoms with Crippen LogP contribution in [0.5, 0.6) is 5.75 Å². The van der Waals surface area contributed by atoms with E-state index in [0.29, 0.717) is 0 Å². The molecule has 0 radical (unpaired) electrons. The van der Waals surface area contributed by atoms with E-state index in [2.05, 4.69) is 0 Å². The second kappa shape index (κ2) is 7.32. The first-order valence-electron chi connectivity index (χ1n) is 7.20. The summed E-state index contributed by atoms with van der Waals surface area (Å²) in [6, 6.07) is 14.6. The molecular weight excluding hydrogens is 300 g/mol. The van der Waals surface area contributed by atoms with E-state index in [0.717, 1.165) is 23.3 Å². The number of halogens is 1. The van der Waals surface area contributed by atoms with Crippen LogP contribution in [-0.4, -0.2) is 22.6 Å². The van der Waals surface area contributed by atoms with Gasteiger partial charge in [0.05, 0.1) is 11.7 Å². The second-order valence-corrected chi connectivity index (χ2v) is 6.10. The summed E-state index contributed by atoms with van der Waals surface area (Å²) >= 11 is 5.96. The molecule has 0 saturated carbocycles. The SMILES string of the molecule is C[C@H](Cl)C[C@H](C)Oc1ccc(-c2ccc(C(=O)O)cc2)cc1. The topological polar surface area (TPSA) is 46.5 Å². The number of rotatable bonds is 6. The van der Waals surface area contributed by atoms with Gasteiger partial charge in [-0.2, -0.15) is 0 Å². The van der Waals surface area contributed by atoms with Gasteiger partial charge in [0.1, 0.15) is 5.75 Å².